The van der Waals surface area contributed by atoms with E-state index in [1.807, 2.05) is 0 Å². The van der Waals surface area contributed by atoms with Crippen molar-refractivity contribution in [2.75, 3.05) is 7.11 Å². The van der Waals surface area contributed by atoms with Gasteiger partial charge >= 0.3 is 5.97 Å². The second-order valence-corrected chi connectivity index (χ2v) is 6.33. The molecule has 0 radical (unpaired) electrons. The number of benzene rings is 1. The molecule has 2 aliphatic carbocycles. The Labute approximate surface area is 129 Å². The van der Waals surface area contributed by atoms with Gasteiger partial charge in [-0.25, -0.2) is 0 Å². The summed E-state index contributed by atoms with van der Waals surface area (Å²) in [7, 11) is 1.55. The van der Waals surface area contributed by atoms with Crippen molar-refractivity contribution < 1.29 is 19.4 Å². The van der Waals surface area contributed by atoms with E-state index in [-0.39, 0.29) is 6.10 Å². The summed E-state index contributed by atoms with van der Waals surface area (Å²) in [6, 6.07) is 3.41. The summed E-state index contributed by atoms with van der Waals surface area (Å²) in [5.41, 5.74) is -0.196. The molecule has 2 fully saturated rings. The number of methoxy groups -OCH3 is 1. The van der Waals surface area contributed by atoms with Gasteiger partial charge in [0.05, 0.1) is 18.6 Å². The van der Waals surface area contributed by atoms with Gasteiger partial charge in [0.25, 0.3) is 0 Å². The van der Waals surface area contributed by atoms with Gasteiger partial charge in [-0.3, -0.25) is 4.79 Å². The average Bonchev–Trinajstić information content (AvgIpc) is 3.12. The number of carbonyl (C=O) groups is 1. The standard InChI is InChI=1S/C16H19ClO4/c1-20-13-9-10(17)8-12(16(6-7-16)15(18)19)14(13)21-11-4-2-3-5-11/h8-9,11H,2-7H2,1H3,(H,18,19). The lowest BCUT2D eigenvalue weighted by Crippen LogP contribution is -2.22. The SMILES string of the molecule is COc1cc(Cl)cc(C2(C(=O)O)CC2)c1OC1CCCC1. The van der Waals surface area contributed by atoms with Crippen molar-refractivity contribution >= 4 is 17.6 Å². The molecule has 0 aliphatic heterocycles. The summed E-state index contributed by atoms with van der Waals surface area (Å²) in [5.74, 6) is 0.272. The minimum absolute atomic E-state index is 0.142. The van der Waals surface area contributed by atoms with Gasteiger partial charge in [-0.2, -0.15) is 0 Å². The van der Waals surface area contributed by atoms with E-state index in [2.05, 4.69) is 0 Å². The number of carboxylic acids is 1. The first-order valence-corrected chi connectivity index (χ1v) is 7.73. The second kappa shape index (κ2) is 5.41. The Balaban J connectivity index is 2.04. The Morgan fingerprint density at radius 2 is 2.00 bits per heavy atom. The first-order chi connectivity index (χ1) is 10.1. The number of halogens is 1. The molecule has 0 saturated heterocycles. The maximum Gasteiger partial charge on any atom is 0.314 e. The van der Waals surface area contributed by atoms with E-state index in [9.17, 15) is 9.90 Å². The molecule has 1 N–H and O–H groups in total. The van der Waals surface area contributed by atoms with Gasteiger partial charge in [0.1, 0.15) is 0 Å². The lowest BCUT2D eigenvalue weighted by Gasteiger charge is -2.22. The molecule has 114 valence electrons. The number of hydrogen-bond acceptors (Lipinski definition) is 3. The summed E-state index contributed by atoms with van der Waals surface area (Å²) < 4.78 is 11.5. The summed E-state index contributed by atoms with van der Waals surface area (Å²) in [6.07, 6.45) is 5.69. The maximum absolute atomic E-state index is 11.6. The zero-order valence-electron chi connectivity index (χ0n) is 12.0. The maximum atomic E-state index is 11.6. The van der Waals surface area contributed by atoms with Gasteiger partial charge in [0, 0.05) is 16.7 Å². The number of ether oxygens (including phenoxy) is 2. The zero-order chi connectivity index (χ0) is 15.0. The van der Waals surface area contributed by atoms with Crippen molar-refractivity contribution in [1.29, 1.82) is 0 Å². The van der Waals surface area contributed by atoms with Crippen LogP contribution in [0.2, 0.25) is 5.02 Å². The molecular formula is C16H19ClO4. The van der Waals surface area contributed by atoms with Crippen molar-refractivity contribution in [3.05, 3.63) is 22.7 Å². The zero-order valence-corrected chi connectivity index (χ0v) is 12.8. The molecule has 0 spiro atoms. The van der Waals surface area contributed by atoms with Gasteiger partial charge in [-0.15, -0.1) is 0 Å². The molecule has 0 bridgehead atoms. The number of aliphatic carboxylic acids is 1. The number of hydrogen-bond donors (Lipinski definition) is 1. The predicted octanol–water partition coefficient (Wildman–Crippen LogP) is 3.79. The third-order valence-electron chi connectivity index (χ3n) is 4.50. The highest BCUT2D eigenvalue weighted by Crippen LogP contribution is 2.54. The molecule has 0 unspecified atom stereocenters. The fraction of sp³-hybridized carbons (Fsp3) is 0.562. The van der Waals surface area contributed by atoms with Crippen molar-refractivity contribution in [1.82, 2.24) is 0 Å². The van der Waals surface area contributed by atoms with Crippen LogP contribution < -0.4 is 9.47 Å². The van der Waals surface area contributed by atoms with E-state index < -0.39 is 11.4 Å². The second-order valence-electron chi connectivity index (χ2n) is 5.90. The first-order valence-electron chi connectivity index (χ1n) is 7.35. The molecule has 21 heavy (non-hydrogen) atoms. The molecular weight excluding hydrogens is 292 g/mol. The van der Waals surface area contributed by atoms with Crippen LogP contribution in [0.15, 0.2) is 12.1 Å². The van der Waals surface area contributed by atoms with Gasteiger partial charge in [0.2, 0.25) is 0 Å². The quantitative estimate of drug-likeness (QED) is 0.899. The highest BCUT2D eigenvalue weighted by molar-refractivity contribution is 6.31. The smallest absolute Gasteiger partial charge is 0.314 e. The van der Waals surface area contributed by atoms with E-state index in [4.69, 9.17) is 21.1 Å². The average molecular weight is 311 g/mol. The van der Waals surface area contributed by atoms with Crippen LogP contribution in [0, 0.1) is 0 Å². The van der Waals surface area contributed by atoms with Crippen LogP contribution in [-0.4, -0.2) is 24.3 Å². The van der Waals surface area contributed by atoms with E-state index in [1.54, 1.807) is 19.2 Å². The van der Waals surface area contributed by atoms with Gasteiger partial charge in [-0.1, -0.05) is 11.6 Å². The van der Waals surface area contributed by atoms with E-state index >= 15 is 0 Å². The Morgan fingerprint density at radius 1 is 1.33 bits per heavy atom. The topological polar surface area (TPSA) is 55.8 Å². The monoisotopic (exact) mass is 310 g/mol. The van der Waals surface area contributed by atoms with Crippen LogP contribution >= 0.6 is 11.6 Å². The third kappa shape index (κ3) is 2.57. The summed E-state index contributed by atoms with van der Waals surface area (Å²) in [4.78, 5) is 11.6. The van der Waals surface area contributed by atoms with Gasteiger partial charge in [-0.05, 0) is 44.6 Å². The fourth-order valence-corrected chi connectivity index (χ4v) is 3.30. The van der Waals surface area contributed by atoms with Crippen molar-refractivity contribution in [3.8, 4) is 11.5 Å². The molecule has 0 amide bonds. The lowest BCUT2D eigenvalue weighted by atomic mass is 9.94. The molecule has 0 heterocycles. The Bertz CT molecular complexity index is 560. The van der Waals surface area contributed by atoms with E-state index in [1.165, 1.54) is 0 Å². The van der Waals surface area contributed by atoms with Crippen LogP contribution in [-0.2, 0) is 10.2 Å². The highest BCUT2D eigenvalue weighted by atomic mass is 35.5. The molecule has 2 saturated carbocycles. The predicted molar refractivity (Wildman–Crippen MR) is 79.4 cm³/mol. The van der Waals surface area contributed by atoms with Crippen LogP contribution in [0.3, 0.4) is 0 Å². The van der Waals surface area contributed by atoms with Crippen LogP contribution in [0.5, 0.6) is 11.5 Å². The normalized spacial score (nSPS) is 20.3. The highest BCUT2D eigenvalue weighted by Gasteiger charge is 2.54. The summed E-state index contributed by atoms with van der Waals surface area (Å²) in [5, 5.41) is 10.0. The number of rotatable bonds is 5. The van der Waals surface area contributed by atoms with E-state index in [0.29, 0.717) is 34.9 Å². The molecule has 3 rings (SSSR count). The van der Waals surface area contributed by atoms with Crippen molar-refractivity contribution in [3.63, 3.8) is 0 Å². The molecule has 0 aromatic heterocycles. The molecule has 2 aliphatic rings. The number of carboxylic acid groups (broad SMARTS) is 1. The Kier molecular flexibility index (Phi) is 3.74. The molecule has 4 nitrogen and oxygen atoms in total. The fourth-order valence-electron chi connectivity index (χ4n) is 3.09. The first kappa shape index (κ1) is 14.5. The van der Waals surface area contributed by atoms with E-state index in [0.717, 1.165) is 25.7 Å². The molecule has 1 aromatic carbocycles. The summed E-state index contributed by atoms with van der Waals surface area (Å²) in [6.45, 7) is 0. The largest absolute Gasteiger partial charge is 0.493 e. The van der Waals surface area contributed by atoms with Gasteiger partial charge in [0.15, 0.2) is 11.5 Å². The van der Waals surface area contributed by atoms with Crippen molar-refractivity contribution in [2.45, 2.75) is 50.0 Å². The molecule has 5 heteroatoms. The Hall–Kier alpha value is -1.42. The van der Waals surface area contributed by atoms with Crippen LogP contribution in [0.1, 0.15) is 44.1 Å². The minimum atomic E-state index is -0.855. The molecule has 0 atom stereocenters. The lowest BCUT2D eigenvalue weighted by molar-refractivity contribution is -0.140. The van der Waals surface area contributed by atoms with Crippen LogP contribution in [0.4, 0.5) is 0 Å². The minimum Gasteiger partial charge on any atom is -0.493 e. The Morgan fingerprint density at radius 3 is 2.52 bits per heavy atom. The third-order valence-corrected chi connectivity index (χ3v) is 4.72. The summed E-state index contributed by atoms with van der Waals surface area (Å²) >= 11 is 6.13. The van der Waals surface area contributed by atoms with Crippen LogP contribution in [0.25, 0.3) is 0 Å². The molecule has 1 aromatic rings. The van der Waals surface area contributed by atoms with Crippen molar-refractivity contribution in [2.24, 2.45) is 0 Å². The van der Waals surface area contributed by atoms with Gasteiger partial charge < -0.3 is 14.6 Å².